The molecular weight excluding hydrogens is 314 g/mol. The summed E-state index contributed by atoms with van der Waals surface area (Å²) in [7, 11) is -1.07. The van der Waals surface area contributed by atoms with Crippen LogP contribution in [0.3, 0.4) is 0 Å². The SMILES string of the molecule is Cc1ccc2c(-c3ccncc3)nn(COCC[Si](C)(C)C)c2c1. The van der Waals surface area contributed by atoms with Gasteiger partial charge in [0.25, 0.3) is 0 Å². The number of hydrogen-bond donors (Lipinski definition) is 0. The first kappa shape index (κ1) is 16.9. The number of benzene rings is 1. The lowest BCUT2D eigenvalue weighted by Crippen LogP contribution is -2.22. The van der Waals surface area contributed by atoms with Gasteiger partial charge in [0.1, 0.15) is 12.4 Å². The molecule has 3 rings (SSSR count). The van der Waals surface area contributed by atoms with Crippen molar-refractivity contribution in [1.29, 1.82) is 0 Å². The molecule has 0 aliphatic heterocycles. The molecule has 2 aromatic heterocycles. The number of hydrogen-bond acceptors (Lipinski definition) is 3. The smallest absolute Gasteiger partial charge is 0.140 e. The Labute approximate surface area is 144 Å². The van der Waals surface area contributed by atoms with Gasteiger partial charge in [-0.05, 0) is 36.7 Å². The molecule has 0 aliphatic carbocycles. The van der Waals surface area contributed by atoms with Crippen LogP contribution in [0.15, 0.2) is 42.7 Å². The summed E-state index contributed by atoms with van der Waals surface area (Å²) in [5, 5.41) is 5.96. The summed E-state index contributed by atoms with van der Waals surface area (Å²) in [6, 6.07) is 11.6. The highest BCUT2D eigenvalue weighted by Crippen LogP contribution is 2.28. The molecule has 2 heterocycles. The Balaban J connectivity index is 1.89. The van der Waals surface area contributed by atoms with Crippen LogP contribution < -0.4 is 0 Å². The second-order valence-corrected chi connectivity index (χ2v) is 13.1. The minimum atomic E-state index is -1.07. The van der Waals surface area contributed by atoms with Crippen LogP contribution in [0.2, 0.25) is 25.7 Å². The van der Waals surface area contributed by atoms with Gasteiger partial charge in [-0.3, -0.25) is 4.98 Å². The molecule has 126 valence electrons. The number of nitrogens with zero attached hydrogens (tertiary/aromatic N) is 3. The van der Waals surface area contributed by atoms with E-state index in [1.807, 2.05) is 16.8 Å². The quantitative estimate of drug-likeness (QED) is 0.482. The molecule has 0 radical (unpaired) electrons. The molecule has 0 unspecified atom stereocenters. The Morgan fingerprint density at radius 3 is 2.54 bits per heavy atom. The highest BCUT2D eigenvalue weighted by atomic mass is 28.3. The van der Waals surface area contributed by atoms with Crippen LogP contribution >= 0.6 is 0 Å². The van der Waals surface area contributed by atoms with E-state index in [1.165, 1.54) is 11.6 Å². The van der Waals surface area contributed by atoms with E-state index < -0.39 is 8.07 Å². The summed E-state index contributed by atoms with van der Waals surface area (Å²) in [6.45, 7) is 10.5. The Morgan fingerprint density at radius 1 is 1.08 bits per heavy atom. The topological polar surface area (TPSA) is 39.9 Å². The van der Waals surface area contributed by atoms with Crippen molar-refractivity contribution in [3.8, 4) is 11.3 Å². The predicted molar refractivity (Wildman–Crippen MR) is 102 cm³/mol. The highest BCUT2D eigenvalue weighted by Gasteiger charge is 2.14. The summed E-state index contributed by atoms with van der Waals surface area (Å²) in [5.41, 5.74) is 4.42. The molecule has 0 amide bonds. The summed E-state index contributed by atoms with van der Waals surface area (Å²) >= 11 is 0. The van der Waals surface area contributed by atoms with Gasteiger partial charge in [-0.15, -0.1) is 0 Å². The van der Waals surface area contributed by atoms with E-state index in [0.717, 1.165) is 28.8 Å². The standard InChI is InChI=1S/C19H25N3OSi/c1-15-5-6-17-18(13-15)22(14-23-11-12-24(2,3)4)21-19(17)16-7-9-20-10-8-16/h5-10,13H,11-12,14H2,1-4H3. The van der Waals surface area contributed by atoms with Crippen molar-refractivity contribution < 1.29 is 4.74 Å². The van der Waals surface area contributed by atoms with Crippen molar-refractivity contribution in [2.24, 2.45) is 0 Å². The van der Waals surface area contributed by atoms with Crippen LogP contribution in [0.25, 0.3) is 22.2 Å². The molecule has 0 fully saturated rings. The third-order valence-corrected chi connectivity index (χ3v) is 5.77. The molecule has 1 aromatic carbocycles. The first-order chi connectivity index (χ1) is 11.4. The number of aryl methyl sites for hydroxylation is 1. The number of ether oxygens (including phenoxy) is 1. The molecular formula is C19H25N3OSi. The van der Waals surface area contributed by atoms with Crippen LogP contribution in [-0.4, -0.2) is 29.4 Å². The van der Waals surface area contributed by atoms with Gasteiger partial charge in [0.05, 0.1) is 5.52 Å². The summed E-state index contributed by atoms with van der Waals surface area (Å²) < 4.78 is 7.89. The van der Waals surface area contributed by atoms with Crippen LogP contribution in [0.1, 0.15) is 5.56 Å². The molecule has 0 saturated heterocycles. The van der Waals surface area contributed by atoms with Crippen LogP contribution in [0, 0.1) is 6.92 Å². The minimum absolute atomic E-state index is 0.496. The maximum Gasteiger partial charge on any atom is 0.140 e. The van der Waals surface area contributed by atoms with Crippen molar-refractivity contribution in [2.75, 3.05) is 6.61 Å². The number of aromatic nitrogens is 3. The van der Waals surface area contributed by atoms with Gasteiger partial charge in [-0.25, -0.2) is 4.68 Å². The van der Waals surface area contributed by atoms with E-state index >= 15 is 0 Å². The summed E-state index contributed by atoms with van der Waals surface area (Å²) in [6.07, 6.45) is 3.61. The molecule has 0 N–H and O–H groups in total. The average molecular weight is 340 g/mol. The Hall–Kier alpha value is -1.98. The zero-order valence-electron chi connectivity index (χ0n) is 14.9. The number of pyridine rings is 1. The van der Waals surface area contributed by atoms with Gasteiger partial charge in [0, 0.05) is 38.0 Å². The van der Waals surface area contributed by atoms with Gasteiger partial charge in [-0.2, -0.15) is 5.10 Å². The fourth-order valence-electron chi connectivity index (χ4n) is 2.63. The summed E-state index contributed by atoms with van der Waals surface area (Å²) in [4.78, 5) is 4.10. The Bertz CT molecular complexity index is 822. The van der Waals surface area contributed by atoms with Gasteiger partial charge in [0.15, 0.2) is 0 Å². The molecule has 0 bridgehead atoms. The maximum atomic E-state index is 5.92. The molecule has 0 atom stereocenters. The molecule has 3 aromatic rings. The monoisotopic (exact) mass is 339 g/mol. The lowest BCUT2D eigenvalue weighted by molar-refractivity contribution is 0.0818. The lowest BCUT2D eigenvalue weighted by Gasteiger charge is -2.15. The molecule has 24 heavy (non-hydrogen) atoms. The van der Waals surface area contributed by atoms with E-state index in [-0.39, 0.29) is 0 Å². The van der Waals surface area contributed by atoms with E-state index in [1.54, 1.807) is 12.4 Å². The molecule has 0 aliphatic rings. The highest BCUT2D eigenvalue weighted by molar-refractivity contribution is 6.76. The molecule has 0 spiro atoms. The molecule has 4 nitrogen and oxygen atoms in total. The van der Waals surface area contributed by atoms with Crippen molar-refractivity contribution in [3.63, 3.8) is 0 Å². The van der Waals surface area contributed by atoms with Gasteiger partial charge in [-0.1, -0.05) is 31.8 Å². The van der Waals surface area contributed by atoms with Crippen LogP contribution in [0.5, 0.6) is 0 Å². The second kappa shape index (κ2) is 6.87. The number of rotatable bonds is 6. The summed E-state index contributed by atoms with van der Waals surface area (Å²) in [5.74, 6) is 0. The van der Waals surface area contributed by atoms with Gasteiger partial charge >= 0.3 is 0 Å². The normalized spacial score (nSPS) is 12.0. The van der Waals surface area contributed by atoms with Gasteiger partial charge < -0.3 is 4.74 Å². The first-order valence-corrected chi connectivity index (χ1v) is 12.1. The second-order valence-electron chi connectivity index (χ2n) is 7.45. The van der Waals surface area contributed by atoms with E-state index in [0.29, 0.717) is 6.73 Å². The van der Waals surface area contributed by atoms with Crippen molar-refractivity contribution in [2.45, 2.75) is 39.3 Å². The number of fused-ring (bicyclic) bond motifs is 1. The predicted octanol–water partition coefficient (Wildman–Crippen LogP) is 4.72. The molecule has 5 heteroatoms. The third-order valence-electron chi connectivity index (χ3n) is 4.07. The lowest BCUT2D eigenvalue weighted by atomic mass is 10.1. The largest absolute Gasteiger partial charge is 0.360 e. The fourth-order valence-corrected chi connectivity index (χ4v) is 3.39. The van der Waals surface area contributed by atoms with Crippen molar-refractivity contribution >= 4 is 19.0 Å². The van der Waals surface area contributed by atoms with Crippen molar-refractivity contribution in [3.05, 3.63) is 48.3 Å². The van der Waals surface area contributed by atoms with E-state index in [2.05, 4.69) is 49.7 Å². The average Bonchev–Trinajstić information content (AvgIpc) is 2.89. The zero-order valence-corrected chi connectivity index (χ0v) is 15.9. The Kier molecular flexibility index (Phi) is 4.82. The van der Waals surface area contributed by atoms with Crippen LogP contribution in [0.4, 0.5) is 0 Å². The van der Waals surface area contributed by atoms with E-state index in [9.17, 15) is 0 Å². The Morgan fingerprint density at radius 2 is 1.83 bits per heavy atom. The minimum Gasteiger partial charge on any atom is -0.360 e. The van der Waals surface area contributed by atoms with Crippen molar-refractivity contribution in [1.82, 2.24) is 14.8 Å². The van der Waals surface area contributed by atoms with E-state index in [4.69, 9.17) is 9.84 Å². The first-order valence-electron chi connectivity index (χ1n) is 8.39. The zero-order chi connectivity index (χ0) is 17.2. The fraction of sp³-hybridized carbons (Fsp3) is 0.368. The molecule has 0 saturated carbocycles. The third kappa shape index (κ3) is 3.91. The maximum absolute atomic E-state index is 5.92. The van der Waals surface area contributed by atoms with Gasteiger partial charge in [0.2, 0.25) is 0 Å². The van der Waals surface area contributed by atoms with Crippen LogP contribution in [-0.2, 0) is 11.5 Å².